The van der Waals surface area contributed by atoms with Gasteiger partial charge in [-0.15, -0.1) is 0 Å². The van der Waals surface area contributed by atoms with Crippen molar-refractivity contribution < 1.29 is 40.2 Å². The third kappa shape index (κ3) is 6.41. The Bertz CT molecular complexity index is 1700. The van der Waals surface area contributed by atoms with Crippen LogP contribution in [-0.4, -0.2) is 68.0 Å². The normalized spacial score (nSPS) is 13.9. The molecule has 1 fully saturated rings. The first-order chi connectivity index (χ1) is 19.9. The first-order valence-electron chi connectivity index (χ1n) is 12.6. The molecule has 0 aliphatic carbocycles. The Hall–Kier alpha value is -3.59. The summed E-state index contributed by atoms with van der Waals surface area (Å²) in [6.45, 7) is -0.0105. The average Bonchev–Trinajstić information content (AvgIpc) is 3.53. The number of nitrogens with one attached hydrogen (secondary N) is 1. The highest BCUT2D eigenvalue weighted by Gasteiger charge is 2.31. The Kier molecular flexibility index (Phi) is 9.50. The van der Waals surface area contributed by atoms with Crippen molar-refractivity contribution in [2.45, 2.75) is 22.6 Å². The largest absolute Gasteiger partial charge is 0.495 e. The van der Waals surface area contributed by atoms with Crippen molar-refractivity contribution in [1.29, 1.82) is 0 Å². The quantitative estimate of drug-likeness (QED) is 0.331. The van der Waals surface area contributed by atoms with Crippen molar-refractivity contribution in [3.05, 3.63) is 65.4 Å². The van der Waals surface area contributed by atoms with Crippen molar-refractivity contribution >= 4 is 48.9 Å². The number of methoxy groups -OCH3 is 3. The van der Waals surface area contributed by atoms with Crippen LogP contribution in [0.15, 0.2) is 64.4 Å². The lowest BCUT2D eigenvalue weighted by Gasteiger charge is -2.25. The lowest BCUT2D eigenvalue weighted by atomic mass is 10.3. The smallest absolute Gasteiger partial charge is 0.264 e. The van der Waals surface area contributed by atoms with Crippen LogP contribution < -0.4 is 23.8 Å². The molecule has 1 amide bonds. The van der Waals surface area contributed by atoms with Gasteiger partial charge in [0.2, 0.25) is 15.9 Å². The van der Waals surface area contributed by atoms with Crippen LogP contribution in [-0.2, 0) is 24.8 Å². The first kappa shape index (κ1) is 31.3. The number of benzene rings is 3. The molecular weight excluding hydrogens is 613 g/mol. The molecule has 0 spiro atoms. The second kappa shape index (κ2) is 12.7. The fourth-order valence-corrected chi connectivity index (χ4v) is 7.55. The highest BCUT2D eigenvalue weighted by atomic mass is 35.5. The summed E-state index contributed by atoms with van der Waals surface area (Å²) >= 11 is 5.95. The SMILES string of the molecule is COc1ccc(S(=O)(=O)N2CCCC2)cc1NC(=O)CN(c1ccc(F)c(Cl)c1)S(=O)(=O)c1ccc(OC)c(OC)c1. The molecule has 1 aliphatic heterocycles. The van der Waals surface area contributed by atoms with Crippen LogP contribution in [0.5, 0.6) is 17.2 Å². The van der Waals surface area contributed by atoms with E-state index >= 15 is 0 Å². The van der Waals surface area contributed by atoms with Crippen molar-refractivity contribution in [2.75, 3.05) is 50.6 Å². The number of rotatable bonds is 11. The highest BCUT2D eigenvalue weighted by Crippen LogP contribution is 2.34. The predicted octanol–water partition coefficient (Wildman–Crippen LogP) is 4.12. The molecule has 4 rings (SSSR count). The monoisotopic (exact) mass is 641 g/mol. The number of hydrogen-bond donors (Lipinski definition) is 1. The topological polar surface area (TPSA) is 132 Å². The number of carbonyl (C=O) groups is 1. The summed E-state index contributed by atoms with van der Waals surface area (Å²) in [6.07, 6.45) is 1.49. The molecule has 1 aliphatic rings. The van der Waals surface area contributed by atoms with Gasteiger partial charge >= 0.3 is 0 Å². The van der Waals surface area contributed by atoms with E-state index in [4.69, 9.17) is 25.8 Å². The van der Waals surface area contributed by atoms with E-state index < -0.39 is 38.3 Å². The van der Waals surface area contributed by atoms with E-state index in [9.17, 15) is 26.0 Å². The molecule has 1 saturated heterocycles. The maximum absolute atomic E-state index is 14.0. The number of halogens is 2. The molecule has 0 saturated carbocycles. The third-order valence-corrected chi connectivity index (χ3v) is 10.5. The molecule has 3 aromatic carbocycles. The van der Waals surface area contributed by atoms with Crippen LogP contribution in [0, 0.1) is 5.82 Å². The van der Waals surface area contributed by atoms with Crippen LogP contribution >= 0.6 is 11.6 Å². The number of amides is 1. The first-order valence-corrected chi connectivity index (χ1v) is 15.9. The lowest BCUT2D eigenvalue weighted by Crippen LogP contribution is -2.38. The molecule has 0 aromatic heterocycles. The number of carbonyl (C=O) groups excluding carboxylic acids is 1. The Balaban J connectivity index is 1.71. The van der Waals surface area contributed by atoms with Crippen LogP contribution in [0.25, 0.3) is 0 Å². The fraction of sp³-hybridized carbons (Fsp3) is 0.296. The van der Waals surface area contributed by atoms with Crippen LogP contribution in [0.1, 0.15) is 12.8 Å². The van der Waals surface area contributed by atoms with Gasteiger partial charge in [-0.2, -0.15) is 4.31 Å². The van der Waals surface area contributed by atoms with Crippen molar-refractivity contribution in [1.82, 2.24) is 4.31 Å². The summed E-state index contributed by atoms with van der Waals surface area (Å²) in [5.41, 5.74) is -0.0768. The zero-order chi connectivity index (χ0) is 30.7. The zero-order valence-electron chi connectivity index (χ0n) is 23.0. The van der Waals surface area contributed by atoms with E-state index in [-0.39, 0.29) is 43.4 Å². The number of sulfonamides is 2. The lowest BCUT2D eigenvalue weighted by molar-refractivity contribution is -0.114. The minimum Gasteiger partial charge on any atom is -0.495 e. The van der Waals surface area contributed by atoms with E-state index in [0.717, 1.165) is 35.3 Å². The Morgan fingerprint density at radius 2 is 1.50 bits per heavy atom. The van der Waals surface area contributed by atoms with E-state index in [0.29, 0.717) is 13.1 Å². The van der Waals surface area contributed by atoms with Gasteiger partial charge in [0.25, 0.3) is 10.0 Å². The van der Waals surface area contributed by atoms with Gasteiger partial charge in [-0.25, -0.2) is 21.2 Å². The summed E-state index contributed by atoms with van der Waals surface area (Å²) < 4.78 is 85.7. The van der Waals surface area contributed by atoms with Crippen LogP contribution in [0.2, 0.25) is 5.02 Å². The number of nitrogens with zero attached hydrogens (tertiary/aromatic N) is 2. The minimum absolute atomic E-state index is 0.0170. The highest BCUT2D eigenvalue weighted by molar-refractivity contribution is 7.92. The summed E-state index contributed by atoms with van der Waals surface area (Å²) in [7, 11) is -4.21. The Morgan fingerprint density at radius 1 is 0.881 bits per heavy atom. The number of ether oxygens (including phenoxy) is 3. The molecule has 3 aromatic rings. The standard InChI is InChI=1S/C27H29ClFN3O8S2/c1-38-24-10-7-19(41(34,35)31-12-4-5-13-31)15-23(24)30-27(33)17-32(18-6-9-22(29)21(28)14-18)42(36,37)20-8-11-25(39-2)26(16-20)40-3/h6-11,14-16H,4-5,12-13,17H2,1-3H3,(H,30,33). The van der Waals surface area contributed by atoms with Gasteiger partial charge in [0.1, 0.15) is 18.1 Å². The maximum atomic E-state index is 14.0. The van der Waals surface area contributed by atoms with E-state index in [1.54, 1.807) is 0 Å². The molecule has 1 heterocycles. The van der Waals surface area contributed by atoms with E-state index in [1.165, 1.54) is 62.0 Å². The van der Waals surface area contributed by atoms with Crippen molar-refractivity contribution in [2.24, 2.45) is 0 Å². The van der Waals surface area contributed by atoms with Gasteiger partial charge in [0.15, 0.2) is 11.5 Å². The third-order valence-electron chi connectivity index (χ3n) is 6.57. The predicted molar refractivity (Wildman–Crippen MR) is 155 cm³/mol. The molecule has 0 unspecified atom stereocenters. The fourth-order valence-electron chi connectivity index (χ4n) is 4.40. The Labute approximate surface area is 248 Å². The van der Waals surface area contributed by atoms with Crippen LogP contribution in [0.4, 0.5) is 15.8 Å². The summed E-state index contributed by atoms with van der Waals surface area (Å²) in [5.74, 6) is -1.06. The molecule has 1 N–H and O–H groups in total. The average molecular weight is 642 g/mol. The maximum Gasteiger partial charge on any atom is 0.264 e. The van der Waals surface area contributed by atoms with Crippen molar-refractivity contribution in [3.8, 4) is 17.2 Å². The summed E-state index contributed by atoms with van der Waals surface area (Å²) in [6, 6.07) is 11.1. The van der Waals surface area contributed by atoms with E-state index in [2.05, 4.69) is 5.32 Å². The van der Waals surface area contributed by atoms with Gasteiger partial charge in [-0.3, -0.25) is 9.10 Å². The molecule has 0 bridgehead atoms. The van der Waals surface area contributed by atoms with Gasteiger partial charge in [-0.1, -0.05) is 11.6 Å². The zero-order valence-corrected chi connectivity index (χ0v) is 25.4. The molecular formula is C27H29ClFN3O8S2. The van der Waals surface area contributed by atoms with Gasteiger partial charge in [0.05, 0.1) is 47.5 Å². The molecule has 0 radical (unpaired) electrons. The van der Waals surface area contributed by atoms with Gasteiger partial charge < -0.3 is 19.5 Å². The summed E-state index contributed by atoms with van der Waals surface area (Å²) in [5, 5.41) is 2.19. The minimum atomic E-state index is -4.46. The molecule has 11 nitrogen and oxygen atoms in total. The second-order valence-corrected chi connectivity index (χ2v) is 13.4. The Morgan fingerprint density at radius 3 is 2.12 bits per heavy atom. The van der Waals surface area contributed by atoms with Crippen molar-refractivity contribution in [3.63, 3.8) is 0 Å². The molecule has 0 atom stereocenters. The number of hydrogen-bond acceptors (Lipinski definition) is 8. The molecule has 226 valence electrons. The second-order valence-electron chi connectivity index (χ2n) is 9.15. The number of anilines is 2. The van der Waals surface area contributed by atoms with E-state index in [1.807, 2.05) is 0 Å². The van der Waals surface area contributed by atoms with Gasteiger partial charge in [0, 0.05) is 19.2 Å². The van der Waals surface area contributed by atoms with Crippen LogP contribution in [0.3, 0.4) is 0 Å². The van der Waals surface area contributed by atoms with Gasteiger partial charge in [-0.05, 0) is 61.4 Å². The molecule has 42 heavy (non-hydrogen) atoms. The summed E-state index contributed by atoms with van der Waals surface area (Å²) in [4.78, 5) is 13.0. The molecule has 15 heteroatoms.